The maximum atomic E-state index is 11.4. The van der Waals surface area contributed by atoms with Gasteiger partial charge in [-0.05, 0) is 0 Å². The topological polar surface area (TPSA) is 44.8 Å². The third kappa shape index (κ3) is 3.95. The van der Waals surface area contributed by atoms with Gasteiger partial charge in [-0.1, -0.05) is 0 Å². The minimum absolute atomic E-state index is 0.149. The molecule has 1 aromatic carbocycles. The van der Waals surface area contributed by atoms with Gasteiger partial charge in [0, 0.05) is 0 Å². The van der Waals surface area contributed by atoms with Crippen LogP contribution in [0.2, 0.25) is 0 Å². The van der Waals surface area contributed by atoms with E-state index >= 15 is 0 Å². The number of carbonyl (C=O) groups excluding carboxylic acids is 1. The molecule has 0 aliphatic heterocycles. The minimum atomic E-state index is -0.165. The fourth-order valence-corrected chi connectivity index (χ4v) is 2.44. The van der Waals surface area contributed by atoms with Gasteiger partial charge in [0.25, 0.3) is 0 Å². The fraction of sp³-hybridized carbons (Fsp3) is 0.462. The van der Waals surface area contributed by atoms with E-state index in [-0.39, 0.29) is 10.7 Å². The van der Waals surface area contributed by atoms with Crippen molar-refractivity contribution >= 4 is 22.8 Å². The van der Waals surface area contributed by atoms with Crippen molar-refractivity contribution in [3.05, 3.63) is 23.8 Å². The summed E-state index contributed by atoms with van der Waals surface area (Å²) in [6.07, 6.45) is 0.392. The summed E-state index contributed by atoms with van der Waals surface area (Å²) in [5, 5.41) is 0. The van der Waals surface area contributed by atoms with E-state index in [1.54, 1.807) is 14.2 Å². The van der Waals surface area contributed by atoms with Crippen molar-refractivity contribution < 1.29 is 19.0 Å². The van der Waals surface area contributed by atoms with E-state index in [1.165, 1.54) is 16.9 Å². The summed E-state index contributed by atoms with van der Waals surface area (Å²) in [6.45, 7) is 2.23. The number of carbonyl (C=O) groups is 1. The number of hydrogen-bond acceptors (Lipinski definition) is 4. The van der Waals surface area contributed by atoms with Crippen LogP contribution >= 0.6 is 0 Å². The van der Waals surface area contributed by atoms with E-state index in [9.17, 15) is 4.79 Å². The number of rotatable bonds is 6. The first-order valence-corrected chi connectivity index (χ1v) is 7.15. The van der Waals surface area contributed by atoms with Gasteiger partial charge in [0.05, 0.1) is 0 Å². The predicted octanol–water partition coefficient (Wildman–Crippen LogP) is 1.33. The third-order valence-corrected chi connectivity index (χ3v) is 3.83. The molecule has 0 aliphatic rings. The van der Waals surface area contributed by atoms with Crippen molar-refractivity contribution in [1.82, 2.24) is 0 Å². The quantitative estimate of drug-likeness (QED) is 0.587. The van der Waals surface area contributed by atoms with Crippen molar-refractivity contribution in [1.29, 1.82) is 0 Å². The van der Waals surface area contributed by atoms with Crippen LogP contribution in [0, 0.1) is 0 Å². The first-order valence-electron chi connectivity index (χ1n) is 5.75. The van der Waals surface area contributed by atoms with E-state index in [2.05, 4.69) is 0 Å². The second-order valence-electron chi connectivity index (χ2n) is 3.73. The molecule has 0 saturated carbocycles. The molecule has 100 valence electrons. The third-order valence-electron chi connectivity index (χ3n) is 2.53. The first kappa shape index (κ1) is 14.9. The summed E-state index contributed by atoms with van der Waals surface area (Å²) in [5.41, 5.74) is 1.06. The zero-order valence-corrected chi connectivity index (χ0v) is 13.4. The van der Waals surface area contributed by atoms with Gasteiger partial charge in [0.2, 0.25) is 0 Å². The molecule has 0 amide bonds. The van der Waals surface area contributed by atoms with Gasteiger partial charge in [-0.15, -0.1) is 0 Å². The fourth-order valence-electron chi connectivity index (χ4n) is 1.60. The van der Waals surface area contributed by atoms with E-state index in [1.807, 2.05) is 25.1 Å². The molecule has 1 rings (SSSR count). The number of hydrogen-bond donors (Lipinski definition) is 0. The van der Waals surface area contributed by atoms with Crippen LogP contribution in [0.3, 0.4) is 0 Å². The molecule has 0 aliphatic carbocycles. The Morgan fingerprint density at radius 3 is 2.50 bits per heavy atom. The van der Waals surface area contributed by atoms with E-state index in [4.69, 9.17) is 14.2 Å². The molecule has 0 bridgehead atoms. The van der Waals surface area contributed by atoms with Crippen LogP contribution in [0.25, 0.3) is 0 Å². The Balaban J connectivity index is 2.79. The number of esters is 1. The maximum absolute atomic E-state index is 11.4. The SMILES string of the molecule is CCOC(=O)CC([AsH2])c1ccc(OC)c(OC)c1. The molecular weight excluding hydrogens is 295 g/mol. The van der Waals surface area contributed by atoms with Crippen LogP contribution in [0.4, 0.5) is 0 Å². The molecule has 5 heteroatoms. The molecule has 0 aromatic heterocycles. The Kier molecular flexibility index (Phi) is 6.06. The summed E-state index contributed by atoms with van der Waals surface area (Å²) in [5.74, 6) is 1.21. The van der Waals surface area contributed by atoms with Crippen molar-refractivity contribution in [3.8, 4) is 11.5 Å². The second-order valence-corrected chi connectivity index (χ2v) is 5.42. The first-order chi connectivity index (χ1) is 8.62. The molecule has 0 saturated heterocycles. The molecule has 2 unspecified atom stereocenters. The van der Waals surface area contributed by atoms with Crippen LogP contribution in [0.5, 0.6) is 11.5 Å². The summed E-state index contributed by atoms with van der Waals surface area (Å²) in [7, 11) is 3.20. The molecule has 4 nitrogen and oxygen atoms in total. The number of benzene rings is 1. The molecule has 0 N–H and O–H groups in total. The van der Waals surface area contributed by atoms with Gasteiger partial charge in [-0.25, -0.2) is 0 Å². The zero-order chi connectivity index (χ0) is 13.5. The van der Waals surface area contributed by atoms with Crippen LogP contribution in [0.15, 0.2) is 18.2 Å². The van der Waals surface area contributed by atoms with Gasteiger partial charge in [0.15, 0.2) is 0 Å². The van der Waals surface area contributed by atoms with Crippen LogP contribution in [-0.4, -0.2) is 43.6 Å². The molecule has 0 radical (unpaired) electrons. The average Bonchev–Trinajstić information content (AvgIpc) is 2.38. The standard InChI is InChI=1S/C13H19AsO4/c1-4-18-13(15)8-10(14)9-5-6-11(16-2)12(7-9)17-3/h5-7,10H,4,8,14H2,1-3H3. The molecule has 0 fully saturated rings. The van der Waals surface area contributed by atoms with E-state index in [0.29, 0.717) is 24.5 Å². The van der Waals surface area contributed by atoms with Crippen LogP contribution in [-0.2, 0) is 9.53 Å². The molecule has 0 heterocycles. The van der Waals surface area contributed by atoms with Crippen LogP contribution < -0.4 is 9.47 Å². The van der Waals surface area contributed by atoms with Crippen molar-refractivity contribution in [2.24, 2.45) is 0 Å². The Labute approximate surface area is 116 Å². The summed E-state index contributed by atoms with van der Waals surface area (Å²) in [6, 6.07) is 5.71. The molecule has 18 heavy (non-hydrogen) atoms. The second kappa shape index (κ2) is 7.32. The van der Waals surface area contributed by atoms with E-state index < -0.39 is 0 Å². The van der Waals surface area contributed by atoms with Gasteiger partial charge in [-0.2, -0.15) is 0 Å². The zero-order valence-electron chi connectivity index (χ0n) is 10.9. The summed E-state index contributed by atoms with van der Waals surface area (Å²) >= 11 is 1.49. The number of ether oxygens (including phenoxy) is 3. The van der Waals surface area contributed by atoms with Gasteiger partial charge in [0.1, 0.15) is 0 Å². The molecule has 2 atom stereocenters. The normalized spacial score (nSPS) is 11.8. The van der Waals surface area contributed by atoms with Gasteiger partial charge < -0.3 is 0 Å². The monoisotopic (exact) mass is 314 g/mol. The summed E-state index contributed by atoms with van der Waals surface area (Å²) < 4.78 is 15.5. The summed E-state index contributed by atoms with van der Waals surface area (Å²) in [4.78, 5) is 11.4. The Bertz CT molecular complexity index is 406. The predicted molar refractivity (Wildman–Crippen MR) is 72.1 cm³/mol. The Morgan fingerprint density at radius 1 is 1.28 bits per heavy atom. The van der Waals surface area contributed by atoms with Crippen molar-refractivity contribution in [2.75, 3.05) is 20.8 Å². The Hall–Kier alpha value is -1.15. The van der Waals surface area contributed by atoms with Crippen LogP contribution in [0.1, 0.15) is 23.6 Å². The van der Waals surface area contributed by atoms with Crippen molar-refractivity contribution in [2.45, 2.75) is 18.1 Å². The van der Waals surface area contributed by atoms with Gasteiger partial charge >= 0.3 is 116 Å². The molecule has 0 spiro atoms. The molecule has 1 aromatic rings. The van der Waals surface area contributed by atoms with Gasteiger partial charge in [-0.3, -0.25) is 0 Å². The van der Waals surface area contributed by atoms with Crippen molar-refractivity contribution in [3.63, 3.8) is 0 Å². The molecular formula is C13H19AsO4. The number of methoxy groups -OCH3 is 2. The average molecular weight is 314 g/mol. The Morgan fingerprint density at radius 2 is 1.94 bits per heavy atom. The van der Waals surface area contributed by atoms with E-state index in [0.717, 1.165) is 5.56 Å².